The Bertz CT molecular complexity index is 1080. The molecule has 2 aromatic rings. The number of fused-ring (bicyclic) bond motifs is 1. The van der Waals surface area contributed by atoms with E-state index in [1.165, 1.54) is 24.3 Å². The van der Waals surface area contributed by atoms with Crippen LogP contribution in [0.15, 0.2) is 54.6 Å². The molecule has 2 aromatic carbocycles. The van der Waals surface area contributed by atoms with Crippen molar-refractivity contribution in [2.45, 2.75) is 17.4 Å². The van der Waals surface area contributed by atoms with E-state index >= 15 is 0 Å². The second-order valence-electron chi connectivity index (χ2n) is 8.27. The Hall–Kier alpha value is -3.00. The van der Waals surface area contributed by atoms with Crippen molar-refractivity contribution in [1.82, 2.24) is 0 Å². The van der Waals surface area contributed by atoms with Crippen LogP contribution in [-0.4, -0.2) is 41.2 Å². The molecule has 3 fully saturated rings. The molecule has 32 heavy (non-hydrogen) atoms. The lowest BCUT2D eigenvalue weighted by Crippen LogP contribution is -2.39. The Balaban J connectivity index is 1.17. The maximum absolute atomic E-state index is 12.7. The standard InChI is InChI=1S/C24H19BrO7/c25-20-15-10-16-19(24(29)32-21(16)20)18(15)23(28)30-11-17(26)12-6-8-14(9-7-12)31-22(27)13-4-2-1-3-5-13/h1-9,15-16,18-21H,10-11H2/t15-,16-,18-,19-,20+,21+/m1/s1. The summed E-state index contributed by atoms with van der Waals surface area (Å²) >= 11 is 3.55. The third-order valence-electron chi connectivity index (χ3n) is 6.54. The molecule has 0 amide bonds. The zero-order chi connectivity index (χ0) is 22.4. The second-order valence-corrected chi connectivity index (χ2v) is 9.33. The highest BCUT2D eigenvalue weighted by molar-refractivity contribution is 9.09. The van der Waals surface area contributed by atoms with E-state index in [0.29, 0.717) is 16.9 Å². The van der Waals surface area contributed by atoms with Crippen LogP contribution in [-0.2, 0) is 19.1 Å². The molecule has 1 saturated heterocycles. The van der Waals surface area contributed by atoms with E-state index in [1.54, 1.807) is 30.3 Å². The van der Waals surface area contributed by atoms with Crippen molar-refractivity contribution < 1.29 is 33.4 Å². The zero-order valence-corrected chi connectivity index (χ0v) is 18.4. The van der Waals surface area contributed by atoms with Crippen LogP contribution in [0.5, 0.6) is 5.75 Å². The van der Waals surface area contributed by atoms with Gasteiger partial charge >= 0.3 is 17.9 Å². The lowest BCUT2D eigenvalue weighted by Gasteiger charge is -2.26. The molecule has 0 unspecified atom stereocenters. The Morgan fingerprint density at radius 3 is 2.41 bits per heavy atom. The van der Waals surface area contributed by atoms with Crippen LogP contribution in [0.1, 0.15) is 27.1 Å². The van der Waals surface area contributed by atoms with E-state index in [-0.39, 0.29) is 34.5 Å². The molecule has 0 radical (unpaired) electrons. The van der Waals surface area contributed by atoms with Crippen LogP contribution < -0.4 is 4.74 Å². The van der Waals surface area contributed by atoms with Gasteiger partial charge in [0.05, 0.1) is 22.2 Å². The van der Waals surface area contributed by atoms with Gasteiger partial charge in [-0.15, -0.1) is 0 Å². The first-order chi connectivity index (χ1) is 15.4. The third kappa shape index (κ3) is 3.52. The van der Waals surface area contributed by atoms with Crippen LogP contribution in [0.2, 0.25) is 0 Å². The molecule has 1 heterocycles. The number of alkyl halides is 1. The number of hydrogen-bond acceptors (Lipinski definition) is 7. The van der Waals surface area contributed by atoms with Crippen LogP contribution in [0.4, 0.5) is 0 Å². The average molecular weight is 499 g/mol. The minimum atomic E-state index is -0.580. The molecule has 3 aliphatic rings. The number of Topliss-reactive ketones (excluding diaryl/α,β-unsaturated/α-hetero) is 1. The van der Waals surface area contributed by atoms with Gasteiger partial charge in [-0.3, -0.25) is 14.4 Å². The molecule has 7 nitrogen and oxygen atoms in total. The highest BCUT2D eigenvalue weighted by Gasteiger charge is 2.68. The minimum Gasteiger partial charge on any atom is -0.461 e. The fourth-order valence-corrected chi connectivity index (χ4v) is 6.10. The molecule has 6 atom stereocenters. The van der Waals surface area contributed by atoms with E-state index in [4.69, 9.17) is 14.2 Å². The maximum atomic E-state index is 12.7. The summed E-state index contributed by atoms with van der Waals surface area (Å²) in [5.74, 6) is -2.51. The van der Waals surface area contributed by atoms with Gasteiger partial charge in [-0.2, -0.15) is 0 Å². The van der Waals surface area contributed by atoms with Crippen LogP contribution >= 0.6 is 15.9 Å². The van der Waals surface area contributed by atoms with Crippen molar-refractivity contribution in [2.75, 3.05) is 6.61 Å². The molecule has 2 saturated carbocycles. The lowest BCUT2D eigenvalue weighted by atomic mass is 9.80. The van der Waals surface area contributed by atoms with E-state index in [1.807, 2.05) is 0 Å². The molecule has 164 valence electrons. The van der Waals surface area contributed by atoms with Gasteiger partial charge in [-0.05, 0) is 48.7 Å². The summed E-state index contributed by atoms with van der Waals surface area (Å²) in [6.07, 6.45) is 0.575. The molecular weight excluding hydrogens is 480 g/mol. The Labute approximate surface area is 192 Å². The number of ether oxygens (including phenoxy) is 3. The monoisotopic (exact) mass is 498 g/mol. The average Bonchev–Trinajstić information content (AvgIpc) is 3.42. The van der Waals surface area contributed by atoms with Crippen molar-refractivity contribution in [3.63, 3.8) is 0 Å². The number of hydrogen-bond donors (Lipinski definition) is 0. The largest absolute Gasteiger partial charge is 0.461 e. The fraction of sp³-hybridized carbons (Fsp3) is 0.333. The van der Waals surface area contributed by atoms with Gasteiger partial charge in [-0.25, -0.2) is 4.79 Å². The van der Waals surface area contributed by atoms with E-state index < -0.39 is 30.4 Å². The number of carbonyl (C=O) groups is 4. The number of esters is 3. The number of ketones is 1. The van der Waals surface area contributed by atoms with Gasteiger partial charge in [0.25, 0.3) is 0 Å². The van der Waals surface area contributed by atoms with Crippen LogP contribution in [0.25, 0.3) is 0 Å². The van der Waals surface area contributed by atoms with Gasteiger partial charge in [0.15, 0.2) is 12.4 Å². The van der Waals surface area contributed by atoms with Gasteiger partial charge in [-0.1, -0.05) is 34.1 Å². The number of benzene rings is 2. The quantitative estimate of drug-likeness (QED) is 0.261. The van der Waals surface area contributed by atoms with Crippen molar-refractivity contribution in [2.24, 2.45) is 23.7 Å². The van der Waals surface area contributed by atoms with Gasteiger partial charge in [0.2, 0.25) is 0 Å². The first-order valence-electron chi connectivity index (χ1n) is 10.4. The summed E-state index contributed by atoms with van der Waals surface area (Å²) in [7, 11) is 0. The molecule has 1 aliphatic heterocycles. The normalized spacial score (nSPS) is 29.5. The van der Waals surface area contributed by atoms with Crippen LogP contribution in [0.3, 0.4) is 0 Å². The molecule has 0 aromatic heterocycles. The first kappa shape index (κ1) is 20.9. The van der Waals surface area contributed by atoms with Gasteiger partial charge in [0.1, 0.15) is 11.9 Å². The molecule has 8 heteroatoms. The van der Waals surface area contributed by atoms with Crippen molar-refractivity contribution in [3.8, 4) is 5.75 Å². The summed E-state index contributed by atoms with van der Waals surface area (Å²) in [6.45, 7) is -0.423. The number of rotatable bonds is 6. The van der Waals surface area contributed by atoms with Crippen molar-refractivity contribution >= 4 is 39.6 Å². The molecular formula is C24H19BrO7. The first-order valence-corrected chi connectivity index (χ1v) is 11.3. The van der Waals surface area contributed by atoms with Crippen molar-refractivity contribution in [1.29, 1.82) is 0 Å². The fourth-order valence-electron chi connectivity index (χ4n) is 5.06. The van der Waals surface area contributed by atoms with E-state index in [0.717, 1.165) is 6.42 Å². The molecule has 0 N–H and O–H groups in total. The summed E-state index contributed by atoms with van der Waals surface area (Å²) in [5.41, 5.74) is 0.743. The lowest BCUT2D eigenvalue weighted by molar-refractivity contribution is -0.154. The van der Waals surface area contributed by atoms with Crippen LogP contribution in [0, 0.1) is 23.7 Å². The molecule has 0 spiro atoms. The van der Waals surface area contributed by atoms with E-state index in [2.05, 4.69) is 15.9 Å². The molecule has 2 bridgehead atoms. The molecule has 5 rings (SSSR count). The highest BCUT2D eigenvalue weighted by atomic mass is 79.9. The second kappa shape index (κ2) is 8.16. The third-order valence-corrected chi connectivity index (χ3v) is 7.74. The molecule has 2 aliphatic carbocycles. The Morgan fingerprint density at radius 1 is 0.969 bits per heavy atom. The van der Waals surface area contributed by atoms with Gasteiger partial charge < -0.3 is 14.2 Å². The number of carbonyl (C=O) groups excluding carboxylic acids is 4. The number of halogens is 1. The Morgan fingerprint density at radius 2 is 1.69 bits per heavy atom. The smallest absolute Gasteiger partial charge is 0.343 e. The summed E-state index contributed by atoms with van der Waals surface area (Å²) in [4.78, 5) is 49.4. The summed E-state index contributed by atoms with van der Waals surface area (Å²) in [5, 5.41) is 0. The SMILES string of the molecule is O=C(COC(=O)[C@@H]1[C@H]2C[C@H]3[C@H](OC(=O)[C@H]31)[C@H]2Br)c1ccc(OC(=O)c2ccccc2)cc1. The maximum Gasteiger partial charge on any atom is 0.343 e. The summed E-state index contributed by atoms with van der Waals surface area (Å²) < 4.78 is 16.0. The topological polar surface area (TPSA) is 96.0 Å². The predicted octanol–water partition coefficient (Wildman–Crippen LogP) is 3.20. The predicted molar refractivity (Wildman–Crippen MR) is 114 cm³/mol. The van der Waals surface area contributed by atoms with E-state index in [9.17, 15) is 19.2 Å². The van der Waals surface area contributed by atoms with Gasteiger partial charge in [0, 0.05) is 11.5 Å². The summed E-state index contributed by atoms with van der Waals surface area (Å²) in [6, 6.07) is 14.6. The highest BCUT2D eigenvalue weighted by Crippen LogP contribution is 2.60. The van der Waals surface area contributed by atoms with Crippen molar-refractivity contribution in [3.05, 3.63) is 65.7 Å². The zero-order valence-electron chi connectivity index (χ0n) is 16.8. The minimum absolute atomic E-state index is 0.0253. The Kier molecular flexibility index (Phi) is 5.33.